The van der Waals surface area contributed by atoms with Crippen molar-refractivity contribution in [2.75, 3.05) is 0 Å². The summed E-state index contributed by atoms with van der Waals surface area (Å²) in [5, 5.41) is 5.30. The molecule has 0 unspecified atom stereocenters. The van der Waals surface area contributed by atoms with Gasteiger partial charge in [0.1, 0.15) is 0 Å². The molecule has 0 fully saturated rings. The summed E-state index contributed by atoms with van der Waals surface area (Å²) in [6.45, 7) is 0. The molecular weight excluding hydrogens is 214 g/mol. The molecule has 0 aromatic heterocycles. The minimum absolute atomic E-state index is 0.0489. The van der Waals surface area contributed by atoms with Crippen LogP contribution in [0.3, 0.4) is 0 Å². The molecule has 76 valence electrons. The molecule has 6 heteroatoms. The summed E-state index contributed by atoms with van der Waals surface area (Å²) < 4.78 is 0. The minimum Gasteiger partial charge on any atom is -0.298 e. The smallest absolute Gasteiger partial charge is 0.258 e. The van der Waals surface area contributed by atoms with Crippen LogP contribution in [-0.2, 0) is 4.79 Å². The van der Waals surface area contributed by atoms with Crippen LogP contribution in [0.2, 0.25) is 0 Å². The summed E-state index contributed by atoms with van der Waals surface area (Å²) in [6, 6.07) is 8.54. The molecule has 0 aliphatic rings. The molecule has 0 heterocycles. The van der Waals surface area contributed by atoms with E-state index in [1.165, 1.54) is 6.08 Å². The first kappa shape index (κ1) is 11.0. The van der Waals surface area contributed by atoms with Crippen LogP contribution in [0.25, 0.3) is 0 Å². The van der Waals surface area contributed by atoms with Gasteiger partial charge in [0.2, 0.25) is 0 Å². The number of nitrogens with one attached hydrogen (secondary N) is 2. The van der Waals surface area contributed by atoms with E-state index in [0.717, 1.165) is 0 Å². The van der Waals surface area contributed by atoms with E-state index in [0.29, 0.717) is 5.56 Å². The Bertz CT molecular complexity index is 413. The summed E-state index contributed by atoms with van der Waals surface area (Å²) in [6.07, 6.45) is 1.24. The van der Waals surface area contributed by atoms with Gasteiger partial charge >= 0.3 is 0 Å². The zero-order chi connectivity index (χ0) is 11.1. The molecule has 5 nitrogen and oxygen atoms in total. The summed E-state index contributed by atoms with van der Waals surface area (Å²) in [5.41, 5.74) is 2.60. The van der Waals surface area contributed by atoms with Crippen molar-refractivity contribution < 1.29 is 9.59 Å². The predicted molar refractivity (Wildman–Crippen MR) is 57.8 cm³/mol. The fourth-order valence-electron chi connectivity index (χ4n) is 0.866. The number of hydrazone groups is 1. The molecule has 1 aromatic carbocycles. The predicted octanol–water partition coefficient (Wildman–Crippen LogP) is 0.542. The molecule has 0 aliphatic carbocycles. The first-order chi connectivity index (χ1) is 7.24. The van der Waals surface area contributed by atoms with Crippen molar-refractivity contribution in [1.82, 2.24) is 10.7 Å². The fraction of sp³-hybridized carbons (Fsp3) is 0. The normalized spacial score (nSPS) is 8.53. The molecule has 0 saturated heterocycles. The molecule has 0 bridgehead atoms. The van der Waals surface area contributed by atoms with Crippen LogP contribution in [0.4, 0.5) is 0 Å². The third-order valence-corrected chi connectivity index (χ3v) is 1.66. The standard InChI is InChI=1S/C9H7N3O2S/c13-6-10-12-9(15)11-8(14)7-4-2-1-3-5-7/h1-5H,(H2,11,12,14,15). The lowest BCUT2D eigenvalue weighted by molar-refractivity contribution is 0.0976. The second-order valence-corrected chi connectivity index (χ2v) is 2.87. The van der Waals surface area contributed by atoms with Crippen molar-refractivity contribution in [3.63, 3.8) is 0 Å². The number of benzene rings is 1. The van der Waals surface area contributed by atoms with Crippen LogP contribution < -0.4 is 10.7 Å². The van der Waals surface area contributed by atoms with Crippen LogP contribution >= 0.6 is 12.2 Å². The number of nitrogens with zero attached hydrogens (tertiary/aromatic N) is 1. The second kappa shape index (κ2) is 5.64. The second-order valence-electron chi connectivity index (χ2n) is 2.46. The summed E-state index contributed by atoms with van der Waals surface area (Å²) in [5.74, 6) is -0.366. The van der Waals surface area contributed by atoms with Gasteiger partial charge in [-0.15, -0.1) is 0 Å². The molecule has 0 saturated carbocycles. The van der Waals surface area contributed by atoms with Crippen molar-refractivity contribution >= 4 is 29.3 Å². The van der Waals surface area contributed by atoms with Crippen molar-refractivity contribution in [1.29, 1.82) is 0 Å². The lowest BCUT2D eigenvalue weighted by Crippen LogP contribution is -2.36. The van der Waals surface area contributed by atoms with Crippen molar-refractivity contribution in [2.24, 2.45) is 5.10 Å². The number of hydrogen-bond donors (Lipinski definition) is 2. The Hall–Kier alpha value is -2.04. The summed E-state index contributed by atoms with van der Waals surface area (Å²) >= 11 is 4.68. The molecule has 1 rings (SSSR count). The first-order valence-corrected chi connectivity index (χ1v) is 4.38. The lowest BCUT2D eigenvalue weighted by atomic mass is 10.2. The van der Waals surface area contributed by atoms with Crippen molar-refractivity contribution in [3.05, 3.63) is 35.9 Å². The zero-order valence-corrected chi connectivity index (χ0v) is 8.38. The van der Waals surface area contributed by atoms with Gasteiger partial charge in [-0.1, -0.05) is 23.3 Å². The topological polar surface area (TPSA) is 70.6 Å². The number of carbonyl (C=O) groups excluding carboxylic acids is 2. The molecule has 15 heavy (non-hydrogen) atoms. The van der Waals surface area contributed by atoms with E-state index in [1.54, 1.807) is 30.3 Å². The maximum atomic E-state index is 11.4. The van der Waals surface area contributed by atoms with Crippen LogP contribution in [-0.4, -0.2) is 17.1 Å². The van der Waals surface area contributed by atoms with Crippen LogP contribution in [0.15, 0.2) is 35.4 Å². The monoisotopic (exact) mass is 221 g/mol. The molecule has 1 amide bonds. The highest BCUT2D eigenvalue weighted by Crippen LogP contribution is 1.97. The largest absolute Gasteiger partial charge is 0.298 e. The number of carbonyl (C=O) groups is 1. The van der Waals surface area contributed by atoms with Gasteiger partial charge in [-0.05, 0) is 24.4 Å². The highest BCUT2D eigenvalue weighted by atomic mass is 32.1. The molecular formula is C9H7N3O2S. The van der Waals surface area contributed by atoms with Gasteiger partial charge in [-0.25, -0.2) is 10.2 Å². The third-order valence-electron chi connectivity index (χ3n) is 1.47. The van der Waals surface area contributed by atoms with Crippen molar-refractivity contribution in [2.45, 2.75) is 0 Å². The Kier molecular flexibility index (Phi) is 4.15. The Balaban J connectivity index is 2.57. The highest BCUT2D eigenvalue weighted by molar-refractivity contribution is 7.80. The highest BCUT2D eigenvalue weighted by Gasteiger charge is 2.05. The molecule has 0 aliphatic heterocycles. The van der Waals surface area contributed by atoms with Crippen molar-refractivity contribution in [3.8, 4) is 0 Å². The first-order valence-electron chi connectivity index (χ1n) is 3.97. The number of amides is 1. The molecule has 0 spiro atoms. The average Bonchev–Trinajstić information content (AvgIpc) is 2.27. The van der Waals surface area contributed by atoms with Gasteiger partial charge in [-0.3, -0.25) is 10.1 Å². The van der Waals surface area contributed by atoms with E-state index in [9.17, 15) is 9.59 Å². The summed E-state index contributed by atoms with van der Waals surface area (Å²) in [4.78, 5) is 21.2. The van der Waals surface area contributed by atoms with Gasteiger partial charge < -0.3 is 0 Å². The number of isocyanates is 1. The van der Waals surface area contributed by atoms with E-state index in [2.05, 4.69) is 28.1 Å². The molecule has 0 atom stereocenters. The van der Waals surface area contributed by atoms with E-state index in [1.807, 2.05) is 0 Å². The van der Waals surface area contributed by atoms with Gasteiger partial charge in [0.15, 0.2) is 5.11 Å². The van der Waals surface area contributed by atoms with Gasteiger partial charge in [0, 0.05) is 5.56 Å². The number of hydrogen-bond acceptors (Lipinski definition) is 4. The van der Waals surface area contributed by atoms with Gasteiger partial charge in [-0.2, -0.15) is 0 Å². The fourth-order valence-corrected chi connectivity index (χ4v) is 1.00. The molecule has 1 aromatic rings. The van der Waals surface area contributed by atoms with Gasteiger partial charge in [0.25, 0.3) is 12.0 Å². The van der Waals surface area contributed by atoms with Crippen LogP contribution in [0.1, 0.15) is 10.4 Å². The molecule has 0 radical (unpaired) electrons. The maximum Gasteiger partial charge on any atom is 0.258 e. The summed E-state index contributed by atoms with van der Waals surface area (Å²) in [7, 11) is 0. The lowest BCUT2D eigenvalue weighted by Gasteiger charge is -2.03. The van der Waals surface area contributed by atoms with Crippen LogP contribution in [0.5, 0.6) is 0 Å². The van der Waals surface area contributed by atoms with E-state index in [4.69, 9.17) is 0 Å². The Morgan fingerprint density at radius 3 is 2.60 bits per heavy atom. The van der Waals surface area contributed by atoms with E-state index in [-0.39, 0.29) is 11.0 Å². The zero-order valence-electron chi connectivity index (χ0n) is 7.56. The Labute approximate surface area is 91.2 Å². The molecule has 2 N–H and O–H groups in total. The Morgan fingerprint density at radius 2 is 2.00 bits per heavy atom. The Morgan fingerprint density at radius 1 is 1.33 bits per heavy atom. The quantitative estimate of drug-likeness (QED) is 0.331. The van der Waals surface area contributed by atoms with Gasteiger partial charge in [0.05, 0.1) is 0 Å². The minimum atomic E-state index is -0.366. The number of rotatable bonds is 2. The van der Waals surface area contributed by atoms with E-state index < -0.39 is 0 Å². The SMILES string of the molecule is O=C=NNC(=S)NC(=O)c1ccccc1. The van der Waals surface area contributed by atoms with E-state index >= 15 is 0 Å². The maximum absolute atomic E-state index is 11.4. The average molecular weight is 221 g/mol. The number of thiocarbonyl (C=S) groups is 1. The third kappa shape index (κ3) is 3.68. The van der Waals surface area contributed by atoms with Crippen LogP contribution in [0, 0.1) is 0 Å².